The first-order chi connectivity index (χ1) is 7.26. The number of rotatable bonds is 7. The zero-order valence-electron chi connectivity index (χ0n) is 9.48. The topological polar surface area (TPSA) is 38.5 Å². The predicted molar refractivity (Wildman–Crippen MR) is 65.1 cm³/mol. The Balaban J connectivity index is 2.35. The van der Waals surface area contributed by atoms with Crippen LogP contribution in [0.5, 0.6) is 0 Å². The smallest absolute Gasteiger partial charge is 0.0626 e. The number of hydrogen-bond acceptors (Lipinski definition) is 4. The van der Waals surface area contributed by atoms with Gasteiger partial charge in [-0.1, -0.05) is 13.0 Å². The molecular weight excluding hydrogens is 208 g/mol. The quantitative estimate of drug-likeness (QED) is 0.769. The number of hydrogen-bond donors (Lipinski definition) is 1. The maximum Gasteiger partial charge on any atom is 0.0626 e. The summed E-state index contributed by atoms with van der Waals surface area (Å²) in [5.41, 5.74) is 5.93. The van der Waals surface area contributed by atoms with Crippen LogP contribution < -0.4 is 5.73 Å². The third-order valence-corrected chi connectivity index (χ3v) is 3.14. The summed E-state index contributed by atoms with van der Waals surface area (Å²) < 4.78 is 5.04. The lowest BCUT2D eigenvalue weighted by molar-refractivity contribution is 0.153. The second-order valence-electron chi connectivity index (χ2n) is 3.62. The Hall–Kier alpha value is -0.420. The van der Waals surface area contributed by atoms with Crippen molar-refractivity contribution in [1.82, 2.24) is 4.90 Å². The number of likely N-dealkylation sites (N-methyl/N-ethyl adjacent to an activating group) is 1. The van der Waals surface area contributed by atoms with Crippen LogP contribution in [-0.4, -0.2) is 37.7 Å². The van der Waals surface area contributed by atoms with Gasteiger partial charge < -0.3 is 10.5 Å². The summed E-state index contributed by atoms with van der Waals surface area (Å²) in [6, 6.07) is 4.35. The lowest BCUT2D eigenvalue weighted by Gasteiger charge is -2.23. The van der Waals surface area contributed by atoms with E-state index >= 15 is 0 Å². The van der Waals surface area contributed by atoms with Crippen LogP contribution in [-0.2, 0) is 11.3 Å². The molecule has 1 rings (SSSR count). The minimum atomic E-state index is 0.106. The minimum absolute atomic E-state index is 0.106. The fourth-order valence-electron chi connectivity index (χ4n) is 1.53. The highest BCUT2D eigenvalue weighted by molar-refractivity contribution is 7.09. The Morgan fingerprint density at radius 3 is 2.93 bits per heavy atom. The molecular formula is C11H20N2OS. The van der Waals surface area contributed by atoms with Crippen molar-refractivity contribution in [3.63, 3.8) is 0 Å². The summed E-state index contributed by atoms with van der Waals surface area (Å²) in [6.45, 7) is 5.69. The van der Waals surface area contributed by atoms with Crippen molar-refractivity contribution in [3.8, 4) is 0 Å². The lowest BCUT2D eigenvalue weighted by Crippen LogP contribution is -2.39. The van der Waals surface area contributed by atoms with Gasteiger partial charge in [0.25, 0.3) is 0 Å². The van der Waals surface area contributed by atoms with E-state index in [1.54, 1.807) is 18.4 Å². The SMILES string of the molecule is CCN(Cc1cccs1)CC(N)COC. The molecule has 0 aliphatic carbocycles. The maximum absolute atomic E-state index is 5.93. The normalized spacial score (nSPS) is 13.3. The van der Waals surface area contributed by atoms with Crippen LogP contribution in [0, 0.1) is 0 Å². The summed E-state index contributed by atoms with van der Waals surface area (Å²) in [4.78, 5) is 3.73. The molecule has 1 heterocycles. The molecule has 0 spiro atoms. The van der Waals surface area contributed by atoms with Crippen molar-refractivity contribution >= 4 is 11.3 Å². The number of nitrogens with two attached hydrogens (primary N) is 1. The van der Waals surface area contributed by atoms with E-state index in [1.165, 1.54) is 4.88 Å². The minimum Gasteiger partial charge on any atom is -0.383 e. The Morgan fingerprint density at radius 1 is 1.60 bits per heavy atom. The van der Waals surface area contributed by atoms with Gasteiger partial charge in [0.1, 0.15) is 0 Å². The molecule has 0 saturated carbocycles. The molecule has 0 bridgehead atoms. The van der Waals surface area contributed by atoms with Gasteiger partial charge in [-0.05, 0) is 18.0 Å². The molecule has 0 amide bonds. The monoisotopic (exact) mass is 228 g/mol. The van der Waals surface area contributed by atoms with Crippen LogP contribution in [0.3, 0.4) is 0 Å². The standard InChI is InChI=1S/C11H20N2OS/c1-3-13(7-10(12)9-14-2)8-11-5-4-6-15-11/h4-6,10H,3,7-9,12H2,1-2H3. The van der Waals surface area contributed by atoms with Crippen LogP contribution in [0.2, 0.25) is 0 Å². The summed E-state index contributed by atoms with van der Waals surface area (Å²) in [5.74, 6) is 0. The molecule has 1 unspecified atom stereocenters. The van der Waals surface area contributed by atoms with E-state index in [0.717, 1.165) is 19.6 Å². The molecule has 4 heteroatoms. The first-order valence-electron chi connectivity index (χ1n) is 5.25. The molecule has 1 aromatic rings. The highest BCUT2D eigenvalue weighted by atomic mass is 32.1. The molecule has 0 fully saturated rings. The number of ether oxygens (including phenoxy) is 1. The third kappa shape index (κ3) is 4.75. The summed E-state index contributed by atoms with van der Waals surface area (Å²) >= 11 is 1.79. The molecule has 2 N–H and O–H groups in total. The number of nitrogens with zero attached hydrogens (tertiary/aromatic N) is 1. The van der Waals surface area contributed by atoms with E-state index in [4.69, 9.17) is 10.5 Å². The van der Waals surface area contributed by atoms with Gasteiger partial charge in [0, 0.05) is 31.1 Å². The van der Waals surface area contributed by atoms with Crippen LogP contribution >= 0.6 is 11.3 Å². The van der Waals surface area contributed by atoms with Crippen molar-refractivity contribution in [3.05, 3.63) is 22.4 Å². The molecule has 0 radical (unpaired) electrons. The molecule has 86 valence electrons. The first-order valence-corrected chi connectivity index (χ1v) is 6.13. The van der Waals surface area contributed by atoms with Gasteiger partial charge >= 0.3 is 0 Å². The second kappa shape index (κ2) is 6.95. The third-order valence-electron chi connectivity index (χ3n) is 2.28. The highest BCUT2D eigenvalue weighted by Gasteiger charge is 2.09. The van der Waals surface area contributed by atoms with E-state index in [2.05, 4.69) is 29.3 Å². The molecule has 15 heavy (non-hydrogen) atoms. The van der Waals surface area contributed by atoms with Gasteiger partial charge in [-0.25, -0.2) is 0 Å². The van der Waals surface area contributed by atoms with Crippen LogP contribution in [0.4, 0.5) is 0 Å². The van der Waals surface area contributed by atoms with Crippen molar-refractivity contribution in [2.45, 2.75) is 19.5 Å². The van der Waals surface area contributed by atoms with Crippen molar-refractivity contribution in [1.29, 1.82) is 0 Å². The van der Waals surface area contributed by atoms with E-state index in [0.29, 0.717) is 6.61 Å². The van der Waals surface area contributed by atoms with Gasteiger partial charge in [0.2, 0.25) is 0 Å². The Bertz CT molecular complexity index is 251. The fourth-order valence-corrected chi connectivity index (χ4v) is 2.27. The van der Waals surface area contributed by atoms with E-state index in [9.17, 15) is 0 Å². The Kier molecular flexibility index (Phi) is 5.86. The summed E-state index contributed by atoms with van der Waals surface area (Å²) in [6.07, 6.45) is 0. The molecule has 1 aromatic heterocycles. The van der Waals surface area contributed by atoms with Crippen LogP contribution in [0.15, 0.2) is 17.5 Å². The van der Waals surface area contributed by atoms with Gasteiger partial charge in [-0.2, -0.15) is 0 Å². The van der Waals surface area contributed by atoms with Crippen molar-refractivity contribution < 1.29 is 4.74 Å². The average molecular weight is 228 g/mol. The molecule has 0 aromatic carbocycles. The second-order valence-corrected chi connectivity index (χ2v) is 4.65. The first kappa shape index (κ1) is 12.6. The molecule has 0 aliphatic rings. The average Bonchev–Trinajstić information content (AvgIpc) is 2.70. The summed E-state index contributed by atoms with van der Waals surface area (Å²) in [7, 11) is 1.69. The molecule has 0 saturated heterocycles. The summed E-state index contributed by atoms with van der Waals surface area (Å²) in [5, 5.41) is 2.11. The van der Waals surface area contributed by atoms with Crippen molar-refractivity contribution in [2.75, 3.05) is 26.8 Å². The van der Waals surface area contributed by atoms with E-state index < -0.39 is 0 Å². The lowest BCUT2D eigenvalue weighted by atomic mass is 10.3. The number of thiophene rings is 1. The zero-order valence-corrected chi connectivity index (χ0v) is 10.3. The molecule has 0 aliphatic heterocycles. The Morgan fingerprint density at radius 2 is 2.40 bits per heavy atom. The van der Waals surface area contributed by atoms with Gasteiger partial charge in [-0.3, -0.25) is 4.90 Å². The largest absolute Gasteiger partial charge is 0.383 e. The maximum atomic E-state index is 5.93. The van der Waals surface area contributed by atoms with E-state index in [1.807, 2.05) is 0 Å². The van der Waals surface area contributed by atoms with Crippen LogP contribution in [0.25, 0.3) is 0 Å². The predicted octanol–water partition coefficient (Wildman–Crippen LogP) is 1.54. The van der Waals surface area contributed by atoms with E-state index in [-0.39, 0.29) is 6.04 Å². The van der Waals surface area contributed by atoms with Crippen LogP contribution in [0.1, 0.15) is 11.8 Å². The zero-order chi connectivity index (χ0) is 11.1. The highest BCUT2D eigenvalue weighted by Crippen LogP contribution is 2.11. The molecule has 3 nitrogen and oxygen atoms in total. The Labute approximate surface area is 95.8 Å². The van der Waals surface area contributed by atoms with Gasteiger partial charge in [0.05, 0.1) is 6.61 Å². The van der Waals surface area contributed by atoms with Gasteiger partial charge in [0.15, 0.2) is 0 Å². The number of methoxy groups -OCH3 is 1. The van der Waals surface area contributed by atoms with Crippen molar-refractivity contribution in [2.24, 2.45) is 5.73 Å². The molecule has 1 atom stereocenters. The fraction of sp³-hybridized carbons (Fsp3) is 0.636. The van der Waals surface area contributed by atoms with Gasteiger partial charge in [-0.15, -0.1) is 11.3 Å².